The number of nitrogens with one attached hydrogen (secondary N) is 4. The van der Waals surface area contributed by atoms with Gasteiger partial charge in [-0.15, -0.1) is 0 Å². The lowest BCUT2D eigenvalue weighted by atomic mass is 9.78. The highest BCUT2D eigenvalue weighted by Crippen LogP contribution is 2.56. The summed E-state index contributed by atoms with van der Waals surface area (Å²) >= 11 is 0. The van der Waals surface area contributed by atoms with Gasteiger partial charge in [0.05, 0.1) is 55.1 Å². The fourth-order valence-corrected chi connectivity index (χ4v) is 9.21. The number of hydrogen-bond acceptors (Lipinski definition) is 9. The number of H-pyrrole nitrogens is 2. The zero-order chi connectivity index (χ0) is 40.3. The van der Waals surface area contributed by atoms with Gasteiger partial charge in [0.1, 0.15) is 17.7 Å². The van der Waals surface area contributed by atoms with Crippen molar-refractivity contribution < 1.29 is 28.6 Å². The molecule has 2 aromatic carbocycles. The topological polar surface area (TPSA) is 176 Å². The van der Waals surface area contributed by atoms with Gasteiger partial charge in [0.25, 0.3) is 0 Å². The zero-order valence-corrected chi connectivity index (χ0v) is 33.2. The van der Waals surface area contributed by atoms with E-state index in [4.69, 9.17) is 19.2 Å². The summed E-state index contributed by atoms with van der Waals surface area (Å²) in [6.07, 6.45) is 9.53. The number of pyridine rings is 1. The molecule has 8 atom stereocenters. The van der Waals surface area contributed by atoms with Crippen molar-refractivity contribution >= 4 is 17.9 Å². The minimum absolute atomic E-state index is 0.0828. The van der Waals surface area contributed by atoms with Crippen LogP contribution in [0, 0.1) is 17.8 Å². The van der Waals surface area contributed by atoms with E-state index >= 15 is 0 Å². The number of carbonyl (C=O) groups excluding carboxylic acids is 3. The Labute approximate surface area is 337 Å². The van der Waals surface area contributed by atoms with E-state index in [1.165, 1.54) is 14.2 Å². The quantitative estimate of drug-likeness (QED) is 0.111. The summed E-state index contributed by atoms with van der Waals surface area (Å²) in [6, 6.07) is 19.2. The first kappa shape index (κ1) is 39.0. The van der Waals surface area contributed by atoms with Gasteiger partial charge in [-0.05, 0) is 71.9 Å². The van der Waals surface area contributed by atoms with E-state index < -0.39 is 24.3 Å². The van der Waals surface area contributed by atoms with Crippen molar-refractivity contribution in [3.63, 3.8) is 0 Å². The van der Waals surface area contributed by atoms with E-state index in [0.29, 0.717) is 37.2 Å². The van der Waals surface area contributed by atoms with Crippen molar-refractivity contribution in [2.24, 2.45) is 17.8 Å². The zero-order valence-electron chi connectivity index (χ0n) is 33.2. The van der Waals surface area contributed by atoms with Crippen molar-refractivity contribution in [2.75, 3.05) is 27.9 Å². The lowest BCUT2D eigenvalue weighted by molar-refractivity contribution is -0.138. The van der Waals surface area contributed by atoms with Gasteiger partial charge in [-0.25, -0.2) is 14.8 Å². The molecule has 4 N–H and O–H groups in total. The lowest BCUT2D eigenvalue weighted by Gasteiger charge is -2.30. The predicted molar refractivity (Wildman–Crippen MR) is 216 cm³/mol. The summed E-state index contributed by atoms with van der Waals surface area (Å²) in [7, 11) is 4.37. The second-order valence-electron chi connectivity index (χ2n) is 15.6. The van der Waals surface area contributed by atoms with Gasteiger partial charge in [-0.1, -0.05) is 54.6 Å². The normalized spacial score (nSPS) is 23.4. The number of carbonyl (C=O) groups is 3. The van der Waals surface area contributed by atoms with E-state index in [9.17, 15) is 14.4 Å². The van der Waals surface area contributed by atoms with Crippen LogP contribution >= 0.6 is 0 Å². The lowest BCUT2D eigenvalue weighted by Crippen LogP contribution is -2.54. The van der Waals surface area contributed by atoms with Crippen molar-refractivity contribution in [1.29, 1.82) is 0 Å². The third-order valence-electron chi connectivity index (χ3n) is 12.4. The molecule has 3 amide bonds. The number of amides is 3. The summed E-state index contributed by atoms with van der Waals surface area (Å²) < 4.78 is 15.8. The van der Waals surface area contributed by atoms with Crippen molar-refractivity contribution in [3.05, 3.63) is 103 Å². The number of benzene rings is 2. The third kappa shape index (κ3) is 7.86. The van der Waals surface area contributed by atoms with E-state index in [0.717, 1.165) is 64.3 Å². The van der Waals surface area contributed by atoms with Crippen LogP contribution in [-0.2, 0) is 30.3 Å². The van der Waals surface area contributed by atoms with Crippen LogP contribution in [0.2, 0.25) is 0 Å². The molecule has 4 unspecified atom stereocenters. The SMILES string of the molecule is COC(=O)NC(C(=O)N1C[C@@H](OC)C[C@H]1c1ncc(-c2ccc(-c3ccc(-c4cnc([C@@H]5C6CCC(C6)C5C(=O)NCc5cccnc5)[nH]4)cc3)cc2)[nH]1)[C@@H](C)OC. The van der Waals surface area contributed by atoms with Gasteiger partial charge in [-0.3, -0.25) is 14.6 Å². The molecule has 2 saturated carbocycles. The molecule has 2 bridgehead atoms. The molecule has 3 fully saturated rings. The Bertz CT molecular complexity index is 2210. The number of hydrogen-bond donors (Lipinski definition) is 4. The second-order valence-corrected chi connectivity index (χ2v) is 15.6. The Morgan fingerprint density at radius 3 is 2.09 bits per heavy atom. The number of nitrogens with zero attached hydrogens (tertiary/aromatic N) is 4. The number of aromatic amines is 2. The molecule has 3 aliphatic rings. The number of alkyl carbamates (subject to hydrolysis) is 1. The molecule has 3 aromatic heterocycles. The Morgan fingerprint density at radius 2 is 1.47 bits per heavy atom. The first-order chi connectivity index (χ1) is 28.2. The maximum Gasteiger partial charge on any atom is 0.407 e. The molecule has 0 radical (unpaired) electrons. The summed E-state index contributed by atoms with van der Waals surface area (Å²) in [6.45, 7) is 2.54. The third-order valence-corrected chi connectivity index (χ3v) is 12.4. The highest BCUT2D eigenvalue weighted by atomic mass is 16.5. The van der Waals surface area contributed by atoms with Gasteiger partial charge >= 0.3 is 6.09 Å². The van der Waals surface area contributed by atoms with Crippen molar-refractivity contribution in [1.82, 2.24) is 40.5 Å². The van der Waals surface area contributed by atoms with Gasteiger partial charge in [0.2, 0.25) is 11.8 Å². The molecule has 0 spiro atoms. The number of fused-ring (bicyclic) bond motifs is 2. The van der Waals surface area contributed by atoms with Crippen LogP contribution in [0.5, 0.6) is 0 Å². The summed E-state index contributed by atoms with van der Waals surface area (Å²) in [5, 5.41) is 5.80. The van der Waals surface area contributed by atoms with Crippen LogP contribution in [0.25, 0.3) is 33.6 Å². The molecule has 14 heteroatoms. The minimum atomic E-state index is -0.952. The van der Waals surface area contributed by atoms with Crippen molar-refractivity contribution in [3.8, 4) is 33.6 Å². The highest BCUT2D eigenvalue weighted by molar-refractivity contribution is 5.87. The van der Waals surface area contributed by atoms with Gasteiger partial charge in [0, 0.05) is 52.0 Å². The van der Waals surface area contributed by atoms with E-state index in [2.05, 4.69) is 67.0 Å². The Morgan fingerprint density at radius 1 is 0.828 bits per heavy atom. The van der Waals surface area contributed by atoms with Crippen LogP contribution in [-0.4, -0.2) is 93.9 Å². The molecule has 5 aromatic rings. The molecule has 58 heavy (non-hydrogen) atoms. The predicted octanol–water partition coefficient (Wildman–Crippen LogP) is 6.02. The number of methoxy groups -OCH3 is 3. The fraction of sp³-hybridized carbons (Fsp3) is 0.409. The summed E-state index contributed by atoms with van der Waals surface area (Å²) in [5.41, 5.74) is 6.87. The van der Waals surface area contributed by atoms with Crippen molar-refractivity contribution in [2.45, 2.75) is 69.4 Å². The standard InChI is InChI=1S/C44H50N8O6/c1-25(56-2)39(51-44(55)58-4)43(54)52-24-33(57-3)19-36(52)40-46-22-34(49-40)29-11-7-27(8-12-29)28-9-13-30(14-10-28)35-23-47-41(50-35)37-31-15-16-32(18-31)38(37)42(53)48-21-26-6-5-17-45-20-26/h5-14,17,20,22-23,25,31-33,36-39H,15-16,18-19,21,24H2,1-4H3,(H,46,49)(H,47,50)(H,48,53)(H,51,55)/t25-,31?,32?,33+,36+,37-,38?,39?/m1/s1. The largest absolute Gasteiger partial charge is 0.453 e. The van der Waals surface area contributed by atoms with Gasteiger partial charge < -0.3 is 39.7 Å². The Kier molecular flexibility index (Phi) is 11.4. The Hall–Kier alpha value is -5.86. The van der Waals surface area contributed by atoms with Crippen LogP contribution < -0.4 is 10.6 Å². The molecule has 8 rings (SSSR count). The molecule has 14 nitrogen and oxygen atoms in total. The van der Waals surface area contributed by atoms with Crippen LogP contribution in [0.15, 0.2) is 85.5 Å². The second kappa shape index (κ2) is 16.9. The molecular weight excluding hydrogens is 737 g/mol. The van der Waals surface area contributed by atoms with E-state index in [1.807, 2.05) is 30.5 Å². The summed E-state index contributed by atoms with van der Waals surface area (Å²) in [5.74, 6) is 2.17. The summed E-state index contributed by atoms with van der Waals surface area (Å²) in [4.78, 5) is 61.9. The average molecular weight is 787 g/mol. The first-order valence-electron chi connectivity index (χ1n) is 19.9. The number of imidazole rings is 2. The number of likely N-dealkylation sites (tertiary alicyclic amines) is 1. The van der Waals surface area contributed by atoms with Crippen LogP contribution in [0.1, 0.15) is 61.8 Å². The average Bonchev–Trinajstić information content (AvgIpc) is 4.13. The van der Waals surface area contributed by atoms with E-state index in [-0.39, 0.29) is 29.8 Å². The maximum absolute atomic E-state index is 13.8. The van der Waals surface area contributed by atoms with Gasteiger partial charge in [-0.2, -0.15) is 0 Å². The smallest absolute Gasteiger partial charge is 0.407 e. The highest BCUT2D eigenvalue weighted by Gasteiger charge is 2.52. The fourth-order valence-electron chi connectivity index (χ4n) is 9.21. The first-order valence-corrected chi connectivity index (χ1v) is 19.9. The molecule has 4 heterocycles. The Balaban J connectivity index is 0.931. The minimum Gasteiger partial charge on any atom is -0.453 e. The van der Waals surface area contributed by atoms with Crippen LogP contribution in [0.4, 0.5) is 4.79 Å². The molecule has 302 valence electrons. The van der Waals surface area contributed by atoms with Crippen LogP contribution in [0.3, 0.4) is 0 Å². The molecule has 1 aliphatic heterocycles. The number of rotatable bonds is 13. The molecular formula is C44H50N8O6. The van der Waals surface area contributed by atoms with Gasteiger partial charge in [0.15, 0.2) is 0 Å². The molecule has 2 aliphatic carbocycles. The number of ether oxygens (including phenoxy) is 3. The molecule has 1 saturated heterocycles. The monoisotopic (exact) mass is 786 g/mol. The number of aromatic nitrogens is 5. The van der Waals surface area contributed by atoms with E-state index in [1.54, 1.807) is 37.5 Å². The maximum atomic E-state index is 13.8.